The summed E-state index contributed by atoms with van der Waals surface area (Å²) in [6.45, 7) is 2.23. The molecule has 0 unspecified atom stereocenters. The monoisotopic (exact) mass is 345 g/mol. The Morgan fingerprint density at radius 1 is 0.962 bits per heavy atom. The average Bonchev–Trinajstić information content (AvgIpc) is 2.66. The van der Waals surface area contributed by atoms with E-state index in [9.17, 15) is 5.11 Å². The Kier molecular flexibility index (Phi) is 5.96. The molecule has 0 saturated heterocycles. The Bertz CT molecular complexity index is 894. The van der Waals surface area contributed by atoms with E-state index in [0.717, 1.165) is 24.1 Å². The summed E-state index contributed by atoms with van der Waals surface area (Å²) in [7, 11) is 0. The van der Waals surface area contributed by atoms with Crippen LogP contribution in [0.1, 0.15) is 43.7 Å². The smallest absolute Gasteiger partial charge is 0.115 e. The van der Waals surface area contributed by atoms with E-state index >= 15 is 0 Å². The van der Waals surface area contributed by atoms with E-state index in [0.29, 0.717) is 5.75 Å². The average molecular weight is 345 g/mol. The first-order valence-electron chi connectivity index (χ1n) is 9.43. The van der Waals surface area contributed by atoms with E-state index in [4.69, 9.17) is 5.73 Å². The van der Waals surface area contributed by atoms with E-state index in [1.54, 1.807) is 12.1 Å². The third kappa shape index (κ3) is 4.26. The van der Waals surface area contributed by atoms with Gasteiger partial charge in [-0.05, 0) is 59.4 Å². The van der Waals surface area contributed by atoms with E-state index in [1.807, 2.05) is 18.2 Å². The van der Waals surface area contributed by atoms with Crippen molar-refractivity contribution in [2.24, 2.45) is 0 Å². The Morgan fingerprint density at radius 2 is 1.73 bits per heavy atom. The fraction of sp³-hybridized carbons (Fsp3) is 0.250. The van der Waals surface area contributed by atoms with E-state index in [2.05, 4.69) is 43.3 Å². The van der Waals surface area contributed by atoms with Crippen LogP contribution in [0.2, 0.25) is 0 Å². The number of hydrogen-bond acceptors (Lipinski definition) is 2. The van der Waals surface area contributed by atoms with Gasteiger partial charge in [-0.25, -0.2) is 0 Å². The lowest BCUT2D eigenvalue weighted by molar-refractivity contribution is 0.475. The first-order chi connectivity index (χ1) is 12.7. The van der Waals surface area contributed by atoms with Crippen LogP contribution in [0.4, 0.5) is 5.69 Å². The molecule has 26 heavy (non-hydrogen) atoms. The summed E-state index contributed by atoms with van der Waals surface area (Å²) in [6.07, 6.45) is 7.88. The van der Waals surface area contributed by atoms with Gasteiger partial charge in [0.25, 0.3) is 0 Å². The van der Waals surface area contributed by atoms with Crippen molar-refractivity contribution in [1.29, 1.82) is 0 Å². The second-order valence-electron chi connectivity index (χ2n) is 6.82. The van der Waals surface area contributed by atoms with Crippen molar-refractivity contribution >= 4 is 22.0 Å². The number of phenolic OH excluding ortho intramolecular Hbond substituents is 1. The number of anilines is 1. The number of nitrogens with two attached hydrogens (primary N) is 1. The quantitative estimate of drug-likeness (QED) is 0.388. The normalized spacial score (nSPS) is 11.8. The summed E-state index contributed by atoms with van der Waals surface area (Å²) in [6, 6.07) is 20.0. The number of aromatic hydroxyl groups is 1. The summed E-state index contributed by atoms with van der Waals surface area (Å²) in [4.78, 5) is 0. The number of phenols is 1. The molecule has 0 saturated carbocycles. The fourth-order valence-corrected chi connectivity index (χ4v) is 3.41. The van der Waals surface area contributed by atoms with Crippen LogP contribution in [0, 0.1) is 0 Å². The molecule has 0 heterocycles. The Balaban J connectivity index is 2.02. The fourth-order valence-electron chi connectivity index (χ4n) is 3.41. The Morgan fingerprint density at radius 3 is 2.50 bits per heavy atom. The van der Waals surface area contributed by atoms with Gasteiger partial charge in [-0.1, -0.05) is 68.3 Å². The van der Waals surface area contributed by atoms with Crippen LogP contribution >= 0.6 is 0 Å². The standard InChI is InChI=1S/C24H27NO/c1-2-3-4-5-9-20(17-18-11-14-21(26)15-12-18)24-22-10-7-6-8-19(22)13-16-23(24)25/h6-16,26H,2-5,17,25H2,1H3/b20-9-. The van der Waals surface area contributed by atoms with Gasteiger partial charge in [0, 0.05) is 11.3 Å². The highest BCUT2D eigenvalue weighted by molar-refractivity contribution is 5.99. The molecule has 134 valence electrons. The van der Waals surface area contributed by atoms with Crippen LogP contribution in [0.5, 0.6) is 5.75 Å². The number of rotatable bonds is 7. The highest BCUT2D eigenvalue weighted by Gasteiger charge is 2.11. The summed E-state index contributed by atoms with van der Waals surface area (Å²) in [5, 5.41) is 12.0. The molecule has 0 atom stereocenters. The zero-order valence-electron chi connectivity index (χ0n) is 15.4. The van der Waals surface area contributed by atoms with Gasteiger partial charge >= 0.3 is 0 Å². The lowest BCUT2D eigenvalue weighted by Gasteiger charge is -2.15. The molecular weight excluding hydrogens is 318 g/mol. The van der Waals surface area contributed by atoms with Crippen molar-refractivity contribution in [3.63, 3.8) is 0 Å². The zero-order chi connectivity index (χ0) is 18.4. The Labute approximate surface area is 156 Å². The molecule has 2 heteroatoms. The lowest BCUT2D eigenvalue weighted by Crippen LogP contribution is -1.99. The molecule has 3 aromatic rings. The summed E-state index contributed by atoms with van der Waals surface area (Å²) < 4.78 is 0. The topological polar surface area (TPSA) is 46.2 Å². The van der Waals surface area contributed by atoms with Crippen LogP contribution in [-0.4, -0.2) is 5.11 Å². The Hall–Kier alpha value is -2.74. The van der Waals surface area contributed by atoms with Gasteiger partial charge in [-0.15, -0.1) is 0 Å². The second-order valence-corrected chi connectivity index (χ2v) is 6.82. The van der Waals surface area contributed by atoms with Crippen LogP contribution in [0.25, 0.3) is 16.3 Å². The maximum absolute atomic E-state index is 9.56. The van der Waals surface area contributed by atoms with Gasteiger partial charge in [0.15, 0.2) is 0 Å². The van der Waals surface area contributed by atoms with Crippen molar-refractivity contribution in [1.82, 2.24) is 0 Å². The van der Waals surface area contributed by atoms with Gasteiger partial charge in [0.2, 0.25) is 0 Å². The molecule has 0 amide bonds. The van der Waals surface area contributed by atoms with Crippen LogP contribution in [-0.2, 0) is 6.42 Å². The maximum atomic E-state index is 9.56. The number of hydrogen-bond donors (Lipinski definition) is 2. The van der Waals surface area contributed by atoms with Crippen molar-refractivity contribution in [3.8, 4) is 5.75 Å². The highest BCUT2D eigenvalue weighted by atomic mass is 16.3. The highest BCUT2D eigenvalue weighted by Crippen LogP contribution is 2.33. The predicted molar refractivity (Wildman–Crippen MR) is 112 cm³/mol. The molecule has 0 aliphatic rings. The summed E-state index contributed by atoms with van der Waals surface area (Å²) in [5.74, 6) is 0.298. The largest absolute Gasteiger partial charge is 0.508 e. The van der Waals surface area contributed by atoms with Crippen molar-refractivity contribution < 1.29 is 5.11 Å². The number of benzene rings is 3. The third-order valence-corrected chi connectivity index (χ3v) is 4.81. The van der Waals surface area contributed by atoms with E-state index in [-0.39, 0.29) is 0 Å². The van der Waals surface area contributed by atoms with E-state index in [1.165, 1.54) is 41.2 Å². The number of fused-ring (bicyclic) bond motifs is 1. The van der Waals surface area contributed by atoms with Gasteiger partial charge in [0.1, 0.15) is 5.75 Å². The summed E-state index contributed by atoms with van der Waals surface area (Å²) in [5.41, 5.74) is 10.8. The van der Waals surface area contributed by atoms with Crippen LogP contribution in [0.3, 0.4) is 0 Å². The van der Waals surface area contributed by atoms with Crippen molar-refractivity contribution in [2.75, 3.05) is 5.73 Å². The molecule has 0 aromatic heterocycles. The number of nitrogen functional groups attached to an aromatic ring is 1. The molecule has 0 aliphatic carbocycles. The minimum atomic E-state index is 0.298. The van der Waals surface area contributed by atoms with Crippen molar-refractivity contribution in [2.45, 2.75) is 39.0 Å². The van der Waals surface area contributed by atoms with Gasteiger partial charge < -0.3 is 10.8 Å². The van der Waals surface area contributed by atoms with Crippen LogP contribution in [0.15, 0.2) is 66.7 Å². The SMILES string of the molecule is CCCCC/C=C(/Cc1ccc(O)cc1)c1c(N)ccc2ccccc12. The third-order valence-electron chi connectivity index (χ3n) is 4.81. The lowest BCUT2D eigenvalue weighted by atomic mass is 9.91. The molecule has 0 radical (unpaired) electrons. The zero-order valence-corrected chi connectivity index (χ0v) is 15.4. The van der Waals surface area contributed by atoms with Gasteiger partial charge in [-0.3, -0.25) is 0 Å². The van der Waals surface area contributed by atoms with Gasteiger partial charge in [-0.2, -0.15) is 0 Å². The first kappa shape index (κ1) is 18.1. The van der Waals surface area contributed by atoms with Crippen molar-refractivity contribution in [3.05, 3.63) is 77.9 Å². The maximum Gasteiger partial charge on any atom is 0.115 e. The molecule has 3 rings (SSSR count). The number of unbranched alkanes of at least 4 members (excludes halogenated alkanes) is 3. The second kappa shape index (κ2) is 8.57. The minimum absolute atomic E-state index is 0.298. The minimum Gasteiger partial charge on any atom is -0.508 e. The predicted octanol–water partition coefficient (Wildman–Crippen LogP) is 6.33. The molecule has 3 N–H and O–H groups in total. The summed E-state index contributed by atoms with van der Waals surface area (Å²) >= 11 is 0. The molecule has 2 nitrogen and oxygen atoms in total. The molecule has 0 fully saturated rings. The molecule has 0 aliphatic heterocycles. The van der Waals surface area contributed by atoms with Gasteiger partial charge in [0.05, 0.1) is 0 Å². The molecule has 0 spiro atoms. The van der Waals surface area contributed by atoms with Crippen LogP contribution < -0.4 is 5.73 Å². The molecule has 3 aromatic carbocycles. The molecule has 0 bridgehead atoms. The number of allylic oxidation sites excluding steroid dienone is 2. The first-order valence-corrected chi connectivity index (χ1v) is 9.43. The molecular formula is C24H27NO. The van der Waals surface area contributed by atoms with E-state index < -0.39 is 0 Å².